The summed E-state index contributed by atoms with van der Waals surface area (Å²) in [7, 11) is 1.64. The van der Waals surface area contributed by atoms with Gasteiger partial charge in [0.15, 0.2) is 0 Å². The van der Waals surface area contributed by atoms with E-state index in [1.807, 2.05) is 0 Å². The van der Waals surface area contributed by atoms with Crippen molar-refractivity contribution in [2.75, 3.05) is 31.3 Å². The third-order valence-corrected chi connectivity index (χ3v) is 1.75. The number of anilines is 2. The molecule has 4 nitrogen and oxygen atoms in total. The third-order valence-electron chi connectivity index (χ3n) is 1.46. The van der Waals surface area contributed by atoms with Crippen molar-refractivity contribution in [1.82, 2.24) is 4.98 Å². The molecule has 0 radical (unpaired) electrons. The van der Waals surface area contributed by atoms with Crippen LogP contribution in [0.15, 0.2) is 12.3 Å². The number of nitrogens with zero attached hydrogens (tertiary/aromatic N) is 1. The minimum Gasteiger partial charge on any atom is -0.397 e. The SMILES string of the molecule is COCCNc1ncc(N)cc1Cl. The van der Waals surface area contributed by atoms with Crippen molar-refractivity contribution in [2.24, 2.45) is 0 Å². The van der Waals surface area contributed by atoms with Crippen molar-refractivity contribution in [2.45, 2.75) is 0 Å². The molecule has 1 heterocycles. The molecule has 0 saturated carbocycles. The van der Waals surface area contributed by atoms with E-state index >= 15 is 0 Å². The Bertz CT molecular complexity index is 280. The van der Waals surface area contributed by atoms with Crippen molar-refractivity contribution < 1.29 is 4.74 Å². The van der Waals surface area contributed by atoms with E-state index in [9.17, 15) is 0 Å². The van der Waals surface area contributed by atoms with Crippen LogP contribution in [0.1, 0.15) is 0 Å². The zero-order valence-electron chi connectivity index (χ0n) is 7.38. The smallest absolute Gasteiger partial charge is 0.144 e. The lowest BCUT2D eigenvalue weighted by atomic mass is 10.4. The summed E-state index contributed by atoms with van der Waals surface area (Å²) in [5.41, 5.74) is 6.04. The number of rotatable bonds is 4. The first kappa shape index (κ1) is 10.1. The normalized spacial score (nSPS) is 10.0. The fraction of sp³-hybridized carbons (Fsp3) is 0.375. The van der Waals surface area contributed by atoms with Gasteiger partial charge in [0.2, 0.25) is 0 Å². The van der Waals surface area contributed by atoms with Gasteiger partial charge in [0.1, 0.15) is 5.82 Å². The number of halogens is 1. The van der Waals surface area contributed by atoms with Gasteiger partial charge in [-0.15, -0.1) is 0 Å². The quantitative estimate of drug-likeness (QED) is 0.723. The van der Waals surface area contributed by atoms with Crippen LogP contribution in [0, 0.1) is 0 Å². The molecular formula is C8H12ClN3O. The molecule has 0 saturated heterocycles. The predicted molar refractivity (Wildman–Crippen MR) is 54.0 cm³/mol. The monoisotopic (exact) mass is 201 g/mol. The van der Waals surface area contributed by atoms with Crippen molar-refractivity contribution in [3.8, 4) is 0 Å². The zero-order valence-corrected chi connectivity index (χ0v) is 8.14. The molecule has 0 aliphatic carbocycles. The summed E-state index contributed by atoms with van der Waals surface area (Å²) in [6, 6.07) is 1.66. The minimum atomic E-state index is 0.524. The number of hydrogen-bond acceptors (Lipinski definition) is 4. The Balaban J connectivity index is 2.56. The highest BCUT2D eigenvalue weighted by atomic mass is 35.5. The van der Waals surface area contributed by atoms with E-state index in [0.29, 0.717) is 29.7 Å². The summed E-state index contributed by atoms with van der Waals surface area (Å²) < 4.78 is 4.87. The molecule has 1 aromatic heterocycles. The second kappa shape index (κ2) is 4.89. The molecule has 13 heavy (non-hydrogen) atoms. The molecule has 0 aromatic carbocycles. The Kier molecular flexibility index (Phi) is 3.79. The Morgan fingerprint density at radius 3 is 3.08 bits per heavy atom. The summed E-state index contributed by atoms with van der Waals surface area (Å²) in [5, 5.41) is 3.54. The third kappa shape index (κ3) is 3.08. The van der Waals surface area contributed by atoms with Crippen molar-refractivity contribution in [3.05, 3.63) is 17.3 Å². The van der Waals surface area contributed by atoms with Gasteiger partial charge >= 0.3 is 0 Å². The summed E-state index contributed by atoms with van der Waals surface area (Å²) in [6.45, 7) is 1.29. The van der Waals surface area contributed by atoms with Gasteiger partial charge in [0, 0.05) is 13.7 Å². The lowest BCUT2D eigenvalue weighted by molar-refractivity contribution is 0.210. The van der Waals surface area contributed by atoms with Crippen LogP contribution in [0.2, 0.25) is 5.02 Å². The Morgan fingerprint density at radius 2 is 2.46 bits per heavy atom. The molecule has 5 heteroatoms. The van der Waals surface area contributed by atoms with Gasteiger partial charge in [-0.05, 0) is 6.07 Å². The van der Waals surface area contributed by atoms with E-state index in [-0.39, 0.29) is 0 Å². The molecule has 0 aliphatic rings. The maximum absolute atomic E-state index is 5.86. The summed E-state index contributed by atoms with van der Waals surface area (Å²) in [6.07, 6.45) is 1.56. The summed E-state index contributed by atoms with van der Waals surface area (Å²) in [5.74, 6) is 0.632. The highest BCUT2D eigenvalue weighted by molar-refractivity contribution is 6.33. The first-order valence-corrected chi connectivity index (χ1v) is 4.25. The van der Waals surface area contributed by atoms with E-state index in [1.165, 1.54) is 0 Å². The van der Waals surface area contributed by atoms with E-state index in [1.54, 1.807) is 19.4 Å². The summed E-state index contributed by atoms with van der Waals surface area (Å²) in [4.78, 5) is 4.03. The first-order chi connectivity index (χ1) is 6.24. The molecule has 1 aromatic rings. The van der Waals surface area contributed by atoms with Gasteiger partial charge in [-0.2, -0.15) is 0 Å². The van der Waals surface area contributed by atoms with E-state index in [2.05, 4.69) is 10.3 Å². The number of nitrogens with one attached hydrogen (secondary N) is 1. The molecule has 0 unspecified atom stereocenters. The van der Waals surface area contributed by atoms with Crippen molar-refractivity contribution in [3.63, 3.8) is 0 Å². The van der Waals surface area contributed by atoms with Gasteiger partial charge in [-0.3, -0.25) is 0 Å². The van der Waals surface area contributed by atoms with Gasteiger partial charge < -0.3 is 15.8 Å². The molecule has 0 atom stereocenters. The van der Waals surface area contributed by atoms with Crippen LogP contribution in [0.5, 0.6) is 0 Å². The van der Waals surface area contributed by atoms with Crippen LogP contribution in [0.25, 0.3) is 0 Å². The number of pyridine rings is 1. The van der Waals surface area contributed by atoms with Crippen LogP contribution in [-0.4, -0.2) is 25.2 Å². The highest BCUT2D eigenvalue weighted by Gasteiger charge is 2.00. The molecule has 72 valence electrons. The van der Waals surface area contributed by atoms with Crippen LogP contribution >= 0.6 is 11.6 Å². The zero-order chi connectivity index (χ0) is 9.68. The maximum Gasteiger partial charge on any atom is 0.144 e. The largest absolute Gasteiger partial charge is 0.397 e. The number of methoxy groups -OCH3 is 1. The number of aromatic nitrogens is 1. The number of nitrogens with two attached hydrogens (primary N) is 1. The van der Waals surface area contributed by atoms with Crippen LogP contribution in [-0.2, 0) is 4.74 Å². The molecule has 0 bridgehead atoms. The topological polar surface area (TPSA) is 60.2 Å². The summed E-state index contributed by atoms with van der Waals surface area (Å²) >= 11 is 5.86. The predicted octanol–water partition coefficient (Wildman–Crippen LogP) is 1.38. The van der Waals surface area contributed by atoms with Crippen LogP contribution in [0.3, 0.4) is 0 Å². The lowest BCUT2D eigenvalue weighted by Gasteiger charge is -2.06. The number of nitrogen functional groups attached to an aromatic ring is 1. The Labute approximate surface area is 82.1 Å². The number of hydrogen-bond donors (Lipinski definition) is 2. The van der Waals surface area contributed by atoms with Crippen LogP contribution < -0.4 is 11.1 Å². The van der Waals surface area contributed by atoms with Crippen molar-refractivity contribution >= 4 is 23.1 Å². The average Bonchev–Trinajstić information content (AvgIpc) is 2.09. The molecule has 0 amide bonds. The molecule has 0 spiro atoms. The first-order valence-electron chi connectivity index (χ1n) is 3.88. The Morgan fingerprint density at radius 1 is 1.69 bits per heavy atom. The minimum absolute atomic E-state index is 0.524. The molecule has 1 rings (SSSR count). The fourth-order valence-electron chi connectivity index (χ4n) is 0.854. The average molecular weight is 202 g/mol. The fourth-order valence-corrected chi connectivity index (χ4v) is 1.10. The second-order valence-corrected chi connectivity index (χ2v) is 2.93. The molecule has 0 fully saturated rings. The van der Waals surface area contributed by atoms with E-state index in [4.69, 9.17) is 22.1 Å². The van der Waals surface area contributed by atoms with Crippen LogP contribution in [0.4, 0.5) is 11.5 Å². The van der Waals surface area contributed by atoms with Gasteiger partial charge in [-0.25, -0.2) is 4.98 Å². The highest BCUT2D eigenvalue weighted by Crippen LogP contribution is 2.20. The maximum atomic E-state index is 5.86. The van der Waals surface area contributed by atoms with Gasteiger partial charge in [0.05, 0.1) is 23.5 Å². The van der Waals surface area contributed by atoms with Gasteiger partial charge in [0.25, 0.3) is 0 Å². The van der Waals surface area contributed by atoms with Crippen molar-refractivity contribution in [1.29, 1.82) is 0 Å². The van der Waals surface area contributed by atoms with Gasteiger partial charge in [-0.1, -0.05) is 11.6 Å². The van der Waals surface area contributed by atoms with E-state index in [0.717, 1.165) is 0 Å². The lowest BCUT2D eigenvalue weighted by Crippen LogP contribution is -2.09. The standard InChI is InChI=1S/C8H12ClN3O/c1-13-3-2-11-8-7(9)4-6(10)5-12-8/h4-5H,2-3,10H2,1H3,(H,11,12). The van der Waals surface area contributed by atoms with E-state index < -0.39 is 0 Å². The molecule has 0 aliphatic heterocycles. The molecule has 3 N–H and O–H groups in total. The second-order valence-electron chi connectivity index (χ2n) is 2.52. The Hall–Kier alpha value is -1.00. The number of ether oxygens (including phenoxy) is 1. The molecular weight excluding hydrogens is 190 g/mol.